The Morgan fingerprint density at radius 3 is 2.21 bits per heavy atom. The summed E-state index contributed by atoms with van der Waals surface area (Å²) in [4.78, 5) is 25.0. The quantitative estimate of drug-likeness (QED) is 0.481. The lowest BCUT2D eigenvalue weighted by Crippen LogP contribution is -2.50. The normalized spacial score (nSPS) is 13.1. The van der Waals surface area contributed by atoms with Gasteiger partial charge in [-0.3, -0.25) is 4.79 Å². The number of amides is 2. The van der Waals surface area contributed by atoms with Gasteiger partial charge in [0.2, 0.25) is 5.91 Å². The van der Waals surface area contributed by atoms with Crippen molar-refractivity contribution in [1.82, 2.24) is 10.6 Å². The Morgan fingerprint density at radius 2 is 1.68 bits per heavy atom. The van der Waals surface area contributed by atoms with Gasteiger partial charge in [0.25, 0.3) is 0 Å². The minimum absolute atomic E-state index is 0.202. The van der Waals surface area contributed by atoms with Crippen molar-refractivity contribution in [2.75, 3.05) is 20.3 Å². The number of alkyl carbamates (subject to hydrolysis) is 1. The maximum Gasteiger partial charge on any atom is 0.408 e. The summed E-state index contributed by atoms with van der Waals surface area (Å²) < 4.78 is 52.9. The van der Waals surface area contributed by atoms with Crippen LogP contribution in [-0.4, -0.2) is 50.1 Å². The lowest BCUT2D eigenvalue weighted by atomic mass is 9.88. The number of nitrogens with one attached hydrogen (secondary N) is 2. The van der Waals surface area contributed by atoms with Crippen molar-refractivity contribution in [1.29, 1.82) is 0 Å². The van der Waals surface area contributed by atoms with E-state index >= 15 is 0 Å². The van der Waals surface area contributed by atoms with Crippen molar-refractivity contribution in [3.8, 4) is 11.5 Å². The Morgan fingerprint density at radius 1 is 1.03 bits per heavy atom. The smallest absolute Gasteiger partial charge is 0.408 e. The highest BCUT2D eigenvalue weighted by atomic mass is 19.4. The van der Waals surface area contributed by atoms with Gasteiger partial charge in [-0.2, -0.15) is 13.2 Å². The number of carbonyl (C=O) groups excluding carboxylic acids is 2. The molecule has 1 aromatic rings. The van der Waals surface area contributed by atoms with Crippen LogP contribution in [0.3, 0.4) is 0 Å². The number of hydrogen-bond acceptors (Lipinski definition) is 5. The standard InChI is InChI=1S/C24H37F3N2O5/c1-22(2,3)15-17(29-21(31)34-23(4,5)6)20(30)28-12-10-16-8-9-18(32-7)19(14-16)33-13-11-24(25,26)27/h8-9,14,17H,10-13,15H2,1-7H3,(H,28,30)(H,29,31). The van der Waals surface area contributed by atoms with Gasteiger partial charge in [0.15, 0.2) is 11.5 Å². The Bertz CT molecular complexity index is 814. The molecule has 1 atom stereocenters. The first-order valence-electron chi connectivity index (χ1n) is 11.1. The van der Waals surface area contributed by atoms with Crippen LogP contribution in [0.25, 0.3) is 0 Å². The summed E-state index contributed by atoms with van der Waals surface area (Å²) in [6.07, 6.45) is -5.26. The van der Waals surface area contributed by atoms with E-state index in [-0.39, 0.29) is 23.6 Å². The fourth-order valence-corrected chi connectivity index (χ4v) is 2.99. The van der Waals surface area contributed by atoms with E-state index in [2.05, 4.69) is 10.6 Å². The lowest BCUT2D eigenvalue weighted by Gasteiger charge is -2.27. The molecular formula is C24H37F3N2O5. The van der Waals surface area contributed by atoms with Crippen LogP contribution in [0, 0.1) is 5.41 Å². The van der Waals surface area contributed by atoms with Crippen molar-refractivity contribution >= 4 is 12.0 Å². The SMILES string of the molecule is COc1ccc(CCNC(=O)C(CC(C)(C)C)NC(=O)OC(C)(C)C)cc1OCCC(F)(F)F. The van der Waals surface area contributed by atoms with E-state index in [0.717, 1.165) is 5.56 Å². The van der Waals surface area contributed by atoms with Crippen molar-refractivity contribution < 1.29 is 37.0 Å². The van der Waals surface area contributed by atoms with Crippen LogP contribution in [0.5, 0.6) is 11.5 Å². The van der Waals surface area contributed by atoms with Crippen molar-refractivity contribution in [2.45, 2.75) is 78.6 Å². The molecule has 2 amide bonds. The third-order valence-electron chi connectivity index (χ3n) is 4.41. The van der Waals surface area contributed by atoms with E-state index in [9.17, 15) is 22.8 Å². The molecule has 0 radical (unpaired) electrons. The van der Waals surface area contributed by atoms with Gasteiger partial charge in [-0.15, -0.1) is 0 Å². The second-order valence-corrected chi connectivity index (χ2v) is 10.2. The largest absolute Gasteiger partial charge is 0.493 e. The van der Waals surface area contributed by atoms with Crippen LogP contribution in [0.1, 0.15) is 59.9 Å². The summed E-state index contributed by atoms with van der Waals surface area (Å²) in [6.45, 7) is 10.8. The Balaban J connectivity index is 2.75. The number of ether oxygens (including phenoxy) is 3. The van der Waals surface area contributed by atoms with Crippen molar-refractivity contribution in [2.24, 2.45) is 5.41 Å². The summed E-state index contributed by atoms with van der Waals surface area (Å²) in [5, 5.41) is 5.44. The molecule has 0 heterocycles. The third kappa shape index (κ3) is 12.6. The van der Waals surface area contributed by atoms with Gasteiger partial charge >= 0.3 is 12.3 Å². The van der Waals surface area contributed by atoms with Crippen molar-refractivity contribution in [3.05, 3.63) is 23.8 Å². The predicted molar refractivity (Wildman–Crippen MR) is 123 cm³/mol. The van der Waals surface area contributed by atoms with Crippen LogP contribution >= 0.6 is 0 Å². The molecule has 0 aliphatic carbocycles. The highest BCUT2D eigenvalue weighted by Crippen LogP contribution is 2.29. The number of benzene rings is 1. The zero-order valence-corrected chi connectivity index (χ0v) is 21.0. The monoisotopic (exact) mass is 490 g/mol. The van der Waals surface area contributed by atoms with Crippen LogP contribution in [0.15, 0.2) is 18.2 Å². The summed E-state index contributed by atoms with van der Waals surface area (Å²) in [5.41, 5.74) is -0.174. The molecule has 0 saturated heterocycles. The number of alkyl halides is 3. The summed E-state index contributed by atoms with van der Waals surface area (Å²) in [6, 6.07) is 4.15. The molecule has 34 heavy (non-hydrogen) atoms. The number of hydrogen-bond donors (Lipinski definition) is 2. The molecule has 0 saturated carbocycles. The lowest BCUT2D eigenvalue weighted by molar-refractivity contribution is -0.139. The van der Waals surface area contributed by atoms with Gasteiger partial charge in [-0.1, -0.05) is 26.8 Å². The van der Waals surface area contributed by atoms with Gasteiger partial charge in [-0.05, 0) is 56.7 Å². The van der Waals surface area contributed by atoms with Gasteiger partial charge in [0, 0.05) is 6.54 Å². The molecule has 0 spiro atoms. The van der Waals surface area contributed by atoms with Gasteiger partial charge in [-0.25, -0.2) is 4.79 Å². The van der Waals surface area contributed by atoms with E-state index in [4.69, 9.17) is 14.2 Å². The first-order chi connectivity index (χ1) is 15.5. The highest BCUT2D eigenvalue weighted by molar-refractivity contribution is 5.85. The van der Waals surface area contributed by atoms with Crippen LogP contribution in [0.4, 0.5) is 18.0 Å². The minimum Gasteiger partial charge on any atom is -0.493 e. The summed E-state index contributed by atoms with van der Waals surface area (Å²) in [7, 11) is 1.40. The summed E-state index contributed by atoms with van der Waals surface area (Å²) >= 11 is 0. The molecular weight excluding hydrogens is 453 g/mol. The van der Waals surface area contributed by atoms with Crippen molar-refractivity contribution in [3.63, 3.8) is 0 Å². The molecule has 10 heteroatoms. The molecule has 0 fully saturated rings. The Kier molecular flexibility index (Phi) is 10.5. The van der Waals surface area contributed by atoms with Crippen LogP contribution < -0.4 is 20.1 Å². The average molecular weight is 491 g/mol. The zero-order chi connectivity index (χ0) is 26.2. The maximum atomic E-state index is 12.8. The Hall–Kier alpha value is -2.65. The van der Waals surface area contributed by atoms with Crippen LogP contribution in [-0.2, 0) is 16.0 Å². The molecule has 194 valence electrons. The van der Waals surface area contributed by atoms with Gasteiger partial charge in [0.1, 0.15) is 11.6 Å². The Labute approximate surface area is 199 Å². The fraction of sp³-hybridized carbons (Fsp3) is 0.667. The first kappa shape index (κ1) is 29.4. The molecule has 0 aliphatic heterocycles. The molecule has 0 aliphatic rings. The molecule has 1 rings (SSSR count). The molecule has 0 aromatic heterocycles. The second-order valence-electron chi connectivity index (χ2n) is 10.2. The number of rotatable bonds is 10. The van der Waals surface area contributed by atoms with E-state index < -0.39 is 36.9 Å². The molecule has 1 aromatic carbocycles. The zero-order valence-electron chi connectivity index (χ0n) is 21.0. The fourth-order valence-electron chi connectivity index (χ4n) is 2.99. The highest BCUT2D eigenvalue weighted by Gasteiger charge is 2.29. The summed E-state index contributed by atoms with van der Waals surface area (Å²) in [5.74, 6) is 0.172. The van der Waals surface area contributed by atoms with Crippen LogP contribution in [0.2, 0.25) is 0 Å². The molecule has 0 bridgehead atoms. The molecule has 7 nitrogen and oxygen atoms in total. The number of carbonyl (C=O) groups is 2. The molecule has 1 unspecified atom stereocenters. The maximum absolute atomic E-state index is 12.8. The first-order valence-corrected chi connectivity index (χ1v) is 11.1. The second kappa shape index (κ2) is 12.2. The van der Waals surface area contributed by atoms with E-state index in [1.165, 1.54) is 7.11 Å². The number of methoxy groups -OCH3 is 1. The minimum atomic E-state index is -4.31. The average Bonchev–Trinajstić information content (AvgIpc) is 2.64. The van der Waals surface area contributed by atoms with E-state index in [1.807, 2.05) is 20.8 Å². The predicted octanol–water partition coefficient (Wildman–Crippen LogP) is 5.01. The topological polar surface area (TPSA) is 85.9 Å². The number of halogens is 3. The third-order valence-corrected chi connectivity index (χ3v) is 4.41. The molecule has 2 N–H and O–H groups in total. The van der Waals surface area contributed by atoms with Gasteiger partial charge in [0.05, 0.1) is 20.1 Å². The van der Waals surface area contributed by atoms with Gasteiger partial charge < -0.3 is 24.8 Å². The van der Waals surface area contributed by atoms with E-state index in [0.29, 0.717) is 18.6 Å². The van der Waals surface area contributed by atoms with E-state index in [1.54, 1.807) is 39.0 Å².